The summed E-state index contributed by atoms with van der Waals surface area (Å²) >= 11 is 0. The van der Waals surface area contributed by atoms with Crippen LogP contribution in [-0.4, -0.2) is 58.5 Å². The minimum atomic E-state index is -0.404. The highest BCUT2D eigenvalue weighted by atomic mass is 16.3. The molecule has 1 atom stereocenters. The molecule has 1 aromatic carbocycles. The van der Waals surface area contributed by atoms with Crippen molar-refractivity contribution in [1.82, 2.24) is 9.80 Å². The highest BCUT2D eigenvalue weighted by molar-refractivity contribution is 5.98. The van der Waals surface area contributed by atoms with Crippen molar-refractivity contribution in [3.8, 4) is 0 Å². The molecule has 5 nitrogen and oxygen atoms in total. The van der Waals surface area contributed by atoms with Gasteiger partial charge in [-0.25, -0.2) is 0 Å². The first-order chi connectivity index (χ1) is 9.66. The number of nitrogens with zero attached hydrogens (tertiary/aromatic N) is 2. The summed E-state index contributed by atoms with van der Waals surface area (Å²) in [6.07, 6.45) is 1.16. The van der Waals surface area contributed by atoms with Gasteiger partial charge < -0.3 is 14.9 Å². The zero-order chi connectivity index (χ0) is 14.1. The Balaban J connectivity index is 1.72. The van der Waals surface area contributed by atoms with Gasteiger partial charge >= 0.3 is 0 Å². The predicted octanol–water partition coefficient (Wildman–Crippen LogP) is 0.494. The summed E-state index contributed by atoms with van der Waals surface area (Å²) in [5, 5.41) is 9.29. The van der Waals surface area contributed by atoms with Gasteiger partial charge in [-0.05, 0) is 25.0 Å². The molecule has 0 aliphatic carbocycles. The van der Waals surface area contributed by atoms with Crippen LogP contribution >= 0.6 is 0 Å². The number of hydrogen-bond acceptors (Lipinski definition) is 3. The van der Waals surface area contributed by atoms with Gasteiger partial charge in [-0.2, -0.15) is 0 Å². The Bertz CT molecular complexity index is 511. The molecular formula is C15H18N2O3. The summed E-state index contributed by atoms with van der Waals surface area (Å²) in [6, 6.07) is 8.70. The van der Waals surface area contributed by atoms with E-state index in [4.69, 9.17) is 0 Å². The Hall–Kier alpha value is -1.88. The number of benzene rings is 1. The molecule has 5 heteroatoms. The SMILES string of the molecule is O=C(C1CCCN1C(=O)c1ccccc1)N1CC(O)C1. The molecule has 2 saturated heterocycles. The third-order valence-electron chi connectivity index (χ3n) is 3.99. The summed E-state index contributed by atoms with van der Waals surface area (Å²) in [4.78, 5) is 28.1. The molecule has 1 unspecified atom stereocenters. The lowest BCUT2D eigenvalue weighted by molar-refractivity contribution is -0.145. The predicted molar refractivity (Wildman–Crippen MR) is 73.1 cm³/mol. The van der Waals surface area contributed by atoms with Crippen molar-refractivity contribution in [2.75, 3.05) is 19.6 Å². The largest absolute Gasteiger partial charge is 0.389 e. The van der Waals surface area contributed by atoms with E-state index in [0.717, 1.165) is 6.42 Å². The number of rotatable bonds is 2. The second kappa shape index (κ2) is 5.25. The Morgan fingerprint density at radius 1 is 1.15 bits per heavy atom. The van der Waals surface area contributed by atoms with Gasteiger partial charge in [-0.3, -0.25) is 9.59 Å². The average molecular weight is 274 g/mol. The van der Waals surface area contributed by atoms with E-state index in [1.165, 1.54) is 0 Å². The second-order valence-electron chi connectivity index (χ2n) is 5.42. The fourth-order valence-corrected chi connectivity index (χ4v) is 2.86. The first kappa shape index (κ1) is 13.1. The second-order valence-corrected chi connectivity index (χ2v) is 5.42. The van der Waals surface area contributed by atoms with Gasteiger partial charge in [-0.15, -0.1) is 0 Å². The average Bonchev–Trinajstić information content (AvgIpc) is 2.92. The molecule has 3 rings (SSSR count). The molecule has 2 aliphatic rings. The first-order valence-electron chi connectivity index (χ1n) is 6.99. The number of aliphatic hydroxyl groups is 1. The maximum absolute atomic E-state index is 12.5. The Labute approximate surface area is 117 Å². The molecule has 0 aromatic heterocycles. The number of carbonyl (C=O) groups is 2. The van der Waals surface area contributed by atoms with Crippen molar-refractivity contribution in [2.24, 2.45) is 0 Å². The molecule has 2 fully saturated rings. The number of carbonyl (C=O) groups excluding carboxylic acids is 2. The van der Waals surface area contributed by atoms with E-state index < -0.39 is 6.10 Å². The van der Waals surface area contributed by atoms with Gasteiger partial charge in [0, 0.05) is 25.2 Å². The van der Waals surface area contributed by atoms with Crippen LogP contribution in [0.1, 0.15) is 23.2 Å². The lowest BCUT2D eigenvalue weighted by Crippen LogP contribution is -2.58. The number of β-amino-alcohol motifs (C(OH)–C–C–N with tert-alkyl or cyclic N) is 1. The molecule has 2 aliphatic heterocycles. The van der Waals surface area contributed by atoms with Crippen LogP contribution in [0.4, 0.5) is 0 Å². The number of likely N-dealkylation sites (tertiary alicyclic amines) is 2. The van der Waals surface area contributed by atoms with E-state index in [9.17, 15) is 14.7 Å². The highest BCUT2D eigenvalue weighted by Crippen LogP contribution is 2.23. The fourth-order valence-electron chi connectivity index (χ4n) is 2.86. The molecule has 0 radical (unpaired) electrons. The molecule has 0 saturated carbocycles. The van der Waals surface area contributed by atoms with Crippen molar-refractivity contribution in [2.45, 2.75) is 25.0 Å². The summed E-state index contributed by atoms with van der Waals surface area (Å²) in [5.41, 5.74) is 0.621. The molecule has 1 N–H and O–H groups in total. The maximum atomic E-state index is 12.5. The summed E-state index contributed by atoms with van der Waals surface area (Å²) in [5.74, 6) is -0.111. The minimum Gasteiger partial charge on any atom is -0.389 e. The normalized spacial score (nSPS) is 22.8. The van der Waals surface area contributed by atoms with Gasteiger partial charge in [0.05, 0.1) is 6.10 Å². The molecule has 106 valence electrons. The summed E-state index contributed by atoms with van der Waals surface area (Å²) in [7, 11) is 0. The highest BCUT2D eigenvalue weighted by Gasteiger charge is 2.40. The van der Waals surface area contributed by atoms with E-state index >= 15 is 0 Å². The van der Waals surface area contributed by atoms with E-state index in [0.29, 0.717) is 31.6 Å². The lowest BCUT2D eigenvalue weighted by atomic mass is 10.1. The van der Waals surface area contributed by atoms with Crippen LogP contribution in [0.25, 0.3) is 0 Å². The van der Waals surface area contributed by atoms with Gasteiger partial charge in [0.1, 0.15) is 6.04 Å². The molecule has 2 heterocycles. The van der Waals surface area contributed by atoms with E-state index in [1.807, 2.05) is 18.2 Å². The van der Waals surface area contributed by atoms with Crippen LogP contribution < -0.4 is 0 Å². The Morgan fingerprint density at radius 3 is 2.50 bits per heavy atom. The summed E-state index contributed by atoms with van der Waals surface area (Å²) < 4.78 is 0. The molecular weight excluding hydrogens is 256 g/mol. The third kappa shape index (κ3) is 2.29. The van der Waals surface area contributed by atoms with Crippen LogP contribution in [0, 0.1) is 0 Å². The number of amides is 2. The van der Waals surface area contributed by atoms with Gasteiger partial charge in [-0.1, -0.05) is 18.2 Å². The molecule has 1 aromatic rings. The smallest absolute Gasteiger partial charge is 0.254 e. The van der Waals surface area contributed by atoms with Gasteiger partial charge in [0.2, 0.25) is 5.91 Å². The van der Waals surface area contributed by atoms with Crippen LogP contribution in [-0.2, 0) is 4.79 Å². The maximum Gasteiger partial charge on any atom is 0.254 e. The topological polar surface area (TPSA) is 60.9 Å². The monoisotopic (exact) mass is 274 g/mol. The minimum absolute atomic E-state index is 0.0305. The molecule has 0 spiro atoms. The standard InChI is InChI=1S/C15H18N2O3/c18-12-9-16(10-12)15(20)13-7-4-8-17(13)14(19)11-5-2-1-3-6-11/h1-3,5-6,12-13,18H,4,7-10H2. The quantitative estimate of drug-likeness (QED) is 0.854. The van der Waals surface area contributed by atoms with Crippen molar-refractivity contribution < 1.29 is 14.7 Å². The number of aliphatic hydroxyl groups excluding tert-OH is 1. The fraction of sp³-hybridized carbons (Fsp3) is 0.467. The van der Waals surface area contributed by atoms with Crippen molar-refractivity contribution >= 4 is 11.8 Å². The summed E-state index contributed by atoms with van der Waals surface area (Å²) in [6.45, 7) is 1.41. The van der Waals surface area contributed by atoms with E-state index in [2.05, 4.69) is 0 Å². The van der Waals surface area contributed by atoms with Crippen LogP contribution in [0.2, 0.25) is 0 Å². The van der Waals surface area contributed by atoms with Crippen LogP contribution in [0.3, 0.4) is 0 Å². The van der Waals surface area contributed by atoms with Crippen molar-refractivity contribution in [3.05, 3.63) is 35.9 Å². The molecule has 20 heavy (non-hydrogen) atoms. The molecule has 0 bridgehead atoms. The van der Waals surface area contributed by atoms with Crippen molar-refractivity contribution in [3.63, 3.8) is 0 Å². The van der Waals surface area contributed by atoms with Crippen LogP contribution in [0.5, 0.6) is 0 Å². The Morgan fingerprint density at radius 2 is 1.85 bits per heavy atom. The zero-order valence-corrected chi connectivity index (χ0v) is 11.2. The third-order valence-corrected chi connectivity index (χ3v) is 3.99. The van der Waals surface area contributed by atoms with Gasteiger partial charge in [0.15, 0.2) is 0 Å². The van der Waals surface area contributed by atoms with Crippen molar-refractivity contribution in [1.29, 1.82) is 0 Å². The Kier molecular flexibility index (Phi) is 3.44. The van der Waals surface area contributed by atoms with E-state index in [1.54, 1.807) is 21.9 Å². The lowest BCUT2D eigenvalue weighted by Gasteiger charge is -2.39. The molecule has 2 amide bonds. The van der Waals surface area contributed by atoms with Crippen LogP contribution in [0.15, 0.2) is 30.3 Å². The first-order valence-corrected chi connectivity index (χ1v) is 6.99. The van der Waals surface area contributed by atoms with Gasteiger partial charge in [0.25, 0.3) is 5.91 Å². The zero-order valence-electron chi connectivity index (χ0n) is 11.2. The van der Waals surface area contributed by atoms with E-state index in [-0.39, 0.29) is 17.9 Å². The number of hydrogen-bond donors (Lipinski definition) is 1.